The van der Waals surface area contributed by atoms with E-state index in [0.29, 0.717) is 34.9 Å². The average Bonchev–Trinajstić information content (AvgIpc) is 3.08. The van der Waals surface area contributed by atoms with Crippen molar-refractivity contribution in [1.82, 2.24) is 5.32 Å². The average molecular weight is 365 g/mol. The summed E-state index contributed by atoms with van der Waals surface area (Å²) < 4.78 is 24.1. The van der Waals surface area contributed by atoms with E-state index < -0.39 is 12.0 Å². The normalized spacial score (nSPS) is 20.9. The molecule has 0 aromatic carbocycles. The van der Waals surface area contributed by atoms with E-state index >= 15 is 0 Å². The van der Waals surface area contributed by atoms with Crippen molar-refractivity contribution in [2.24, 2.45) is 4.99 Å². The molecule has 2 heterocycles. The lowest BCUT2D eigenvalue weighted by molar-refractivity contribution is -0.138. The summed E-state index contributed by atoms with van der Waals surface area (Å²) in [6.45, 7) is 3.75. The Morgan fingerprint density at radius 1 is 1.52 bits per heavy atom. The molecule has 1 atom stereocenters. The highest BCUT2D eigenvalue weighted by Gasteiger charge is 2.34. The highest BCUT2D eigenvalue weighted by atomic mass is 35.5. The van der Waals surface area contributed by atoms with E-state index in [1.807, 2.05) is 0 Å². The smallest absolute Gasteiger partial charge is 0.338 e. The van der Waals surface area contributed by atoms with Crippen molar-refractivity contribution in [3.63, 3.8) is 0 Å². The van der Waals surface area contributed by atoms with E-state index in [-0.39, 0.29) is 23.9 Å². The second-order valence-corrected chi connectivity index (χ2v) is 6.11. The van der Waals surface area contributed by atoms with Crippen LogP contribution in [0.1, 0.15) is 32.4 Å². The molecule has 0 saturated heterocycles. The molecule has 1 unspecified atom stereocenters. The number of esters is 1. The van der Waals surface area contributed by atoms with Crippen LogP contribution in [-0.2, 0) is 9.53 Å². The molecule has 1 aliphatic carbocycles. The van der Waals surface area contributed by atoms with Crippen LogP contribution >= 0.6 is 11.6 Å². The third-order valence-electron chi connectivity index (χ3n) is 4.04. The molecule has 7 heteroatoms. The Morgan fingerprint density at radius 3 is 2.96 bits per heavy atom. The van der Waals surface area contributed by atoms with Crippen molar-refractivity contribution in [2.45, 2.75) is 32.7 Å². The first-order valence-electron chi connectivity index (χ1n) is 8.02. The van der Waals surface area contributed by atoms with Gasteiger partial charge in [-0.25, -0.2) is 9.18 Å². The number of ether oxygens (including phenoxy) is 1. The Hall–Kier alpha value is -2.34. The van der Waals surface area contributed by atoms with Crippen LogP contribution in [0.2, 0.25) is 0 Å². The zero-order chi connectivity index (χ0) is 18.0. The maximum atomic E-state index is 13.5. The first-order chi connectivity index (χ1) is 12.0. The first-order valence-corrected chi connectivity index (χ1v) is 8.40. The summed E-state index contributed by atoms with van der Waals surface area (Å²) in [7, 11) is 0. The number of nitrogens with zero attached hydrogens (tertiary/aromatic N) is 1. The highest BCUT2D eigenvalue weighted by Crippen LogP contribution is 2.35. The number of carbonyl (C=O) groups excluding carboxylic acids is 1. The zero-order valence-electron chi connectivity index (χ0n) is 13.9. The molecule has 1 aliphatic heterocycles. The molecule has 132 valence electrons. The van der Waals surface area contributed by atoms with E-state index in [4.69, 9.17) is 20.8 Å². The fraction of sp³-hybridized carbons (Fsp3) is 0.333. The fourth-order valence-corrected chi connectivity index (χ4v) is 3.20. The maximum absolute atomic E-state index is 13.5. The summed E-state index contributed by atoms with van der Waals surface area (Å²) in [6, 6.07) is 2.87. The van der Waals surface area contributed by atoms with Crippen LogP contribution in [0.4, 0.5) is 4.39 Å². The van der Waals surface area contributed by atoms with Gasteiger partial charge in [0.1, 0.15) is 11.9 Å². The maximum Gasteiger partial charge on any atom is 0.338 e. The van der Waals surface area contributed by atoms with Gasteiger partial charge in [0.15, 0.2) is 11.6 Å². The molecule has 0 radical (unpaired) electrons. The quantitative estimate of drug-likeness (QED) is 0.821. The van der Waals surface area contributed by atoms with Gasteiger partial charge in [0.2, 0.25) is 0 Å². The predicted molar refractivity (Wildman–Crippen MR) is 92.8 cm³/mol. The summed E-state index contributed by atoms with van der Waals surface area (Å²) in [6.07, 6.45) is 3.44. The number of hydrogen-bond donors (Lipinski definition) is 1. The summed E-state index contributed by atoms with van der Waals surface area (Å²) in [4.78, 5) is 17.1. The minimum Gasteiger partial charge on any atom is -0.463 e. The van der Waals surface area contributed by atoms with Gasteiger partial charge < -0.3 is 14.5 Å². The van der Waals surface area contributed by atoms with Crippen LogP contribution in [0.5, 0.6) is 0 Å². The molecule has 1 aromatic rings. The second kappa shape index (κ2) is 7.27. The second-order valence-electron chi connectivity index (χ2n) is 5.71. The summed E-state index contributed by atoms with van der Waals surface area (Å²) in [5.74, 6) is 0.289. The lowest BCUT2D eigenvalue weighted by Crippen LogP contribution is -2.37. The molecule has 25 heavy (non-hydrogen) atoms. The molecule has 0 amide bonds. The Kier molecular flexibility index (Phi) is 5.08. The molecule has 2 aliphatic rings. The van der Waals surface area contributed by atoms with Crippen LogP contribution in [-0.4, -0.2) is 24.5 Å². The molecule has 1 N–H and O–H groups in total. The molecule has 0 saturated carbocycles. The first kappa shape index (κ1) is 17.5. The largest absolute Gasteiger partial charge is 0.463 e. The van der Waals surface area contributed by atoms with Crippen molar-refractivity contribution in [3.05, 3.63) is 57.9 Å². The number of rotatable bonds is 4. The van der Waals surface area contributed by atoms with Crippen LogP contribution in [0.3, 0.4) is 0 Å². The number of amidine groups is 1. The van der Waals surface area contributed by atoms with E-state index in [0.717, 1.165) is 0 Å². The van der Waals surface area contributed by atoms with Crippen molar-refractivity contribution < 1.29 is 18.3 Å². The van der Waals surface area contributed by atoms with Gasteiger partial charge in [-0.2, -0.15) is 0 Å². The predicted octanol–water partition coefficient (Wildman–Crippen LogP) is 3.98. The molecule has 0 bridgehead atoms. The van der Waals surface area contributed by atoms with Gasteiger partial charge in [-0.3, -0.25) is 4.99 Å². The van der Waals surface area contributed by atoms with Gasteiger partial charge in [-0.05, 0) is 44.1 Å². The number of hydrogen-bond acceptors (Lipinski definition) is 5. The Morgan fingerprint density at radius 2 is 2.32 bits per heavy atom. The number of aliphatic imine (C=N–C) groups is 1. The summed E-state index contributed by atoms with van der Waals surface area (Å²) in [5.41, 5.74) is 1.67. The molecule has 0 spiro atoms. The van der Waals surface area contributed by atoms with Gasteiger partial charge in [0.25, 0.3) is 0 Å². The van der Waals surface area contributed by atoms with Crippen molar-refractivity contribution in [1.29, 1.82) is 0 Å². The Bertz CT molecular complexity index is 806. The van der Waals surface area contributed by atoms with Gasteiger partial charge in [0.05, 0.1) is 18.4 Å². The number of allylic oxidation sites excluding steroid dienone is 4. The molecule has 0 fully saturated rings. The van der Waals surface area contributed by atoms with Gasteiger partial charge >= 0.3 is 5.97 Å². The van der Waals surface area contributed by atoms with Crippen LogP contribution < -0.4 is 5.32 Å². The number of carbonyl (C=O) groups is 1. The Balaban J connectivity index is 2.08. The minimum atomic E-state index is -0.641. The molecule has 1 aromatic heterocycles. The van der Waals surface area contributed by atoms with Crippen molar-refractivity contribution in [3.8, 4) is 0 Å². The Labute approximate surface area is 149 Å². The minimum absolute atomic E-state index is 0.232. The van der Waals surface area contributed by atoms with E-state index in [2.05, 4.69) is 10.3 Å². The SMILES string of the molecule is CCOC(=O)C1=C(C)NC(c2ccco2)=NC1C1=C(Cl)C=C(F)CC1. The monoisotopic (exact) mass is 364 g/mol. The van der Waals surface area contributed by atoms with Crippen LogP contribution in [0.15, 0.2) is 61.6 Å². The topological polar surface area (TPSA) is 63.8 Å². The van der Waals surface area contributed by atoms with Gasteiger partial charge in [0, 0.05) is 17.2 Å². The lowest BCUT2D eigenvalue weighted by Gasteiger charge is -2.28. The van der Waals surface area contributed by atoms with Gasteiger partial charge in [-0.1, -0.05) is 11.6 Å². The van der Waals surface area contributed by atoms with E-state index in [1.54, 1.807) is 32.2 Å². The van der Waals surface area contributed by atoms with E-state index in [1.165, 1.54) is 6.08 Å². The molecular weight excluding hydrogens is 347 g/mol. The summed E-state index contributed by atoms with van der Waals surface area (Å²) in [5, 5.41) is 3.35. The van der Waals surface area contributed by atoms with Crippen LogP contribution in [0, 0.1) is 0 Å². The standard InChI is InChI=1S/C18H18ClFN2O3/c1-3-24-18(23)15-10(2)21-17(14-5-4-8-25-14)22-16(15)12-7-6-11(20)9-13(12)19/h4-5,8-9,16H,3,6-7H2,1-2H3,(H,21,22). The molecule has 5 nitrogen and oxygen atoms in total. The number of furan rings is 1. The van der Waals surface area contributed by atoms with Crippen molar-refractivity contribution in [2.75, 3.05) is 6.61 Å². The van der Waals surface area contributed by atoms with Gasteiger partial charge in [-0.15, -0.1) is 0 Å². The summed E-state index contributed by atoms with van der Waals surface area (Å²) >= 11 is 6.25. The van der Waals surface area contributed by atoms with E-state index in [9.17, 15) is 9.18 Å². The fourth-order valence-electron chi connectivity index (χ4n) is 2.88. The highest BCUT2D eigenvalue weighted by molar-refractivity contribution is 6.32. The number of nitrogens with one attached hydrogen (secondary N) is 1. The third kappa shape index (κ3) is 3.54. The molecular formula is C18H18ClFN2O3. The third-order valence-corrected chi connectivity index (χ3v) is 4.40. The van der Waals surface area contributed by atoms with Crippen LogP contribution in [0.25, 0.3) is 0 Å². The lowest BCUT2D eigenvalue weighted by atomic mass is 9.90. The number of halogens is 2. The zero-order valence-corrected chi connectivity index (χ0v) is 14.7. The van der Waals surface area contributed by atoms with Crippen molar-refractivity contribution >= 4 is 23.4 Å². The molecule has 3 rings (SSSR count).